The number of carbonyl (C=O) groups excluding carboxylic acids is 1. The van der Waals surface area contributed by atoms with E-state index >= 15 is 0 Å². The number of hydrogen-bond donors (Lipinski definition) is 1. The molecule has 0 bridgehead atoms. The Balaban J connectivity index is 1.84. The molecule has 0 radical (unpaired) electrons. The molecule has 2 aromatic heterocycles. The van der Waals surface area contributed by atoms with Gasteiger partial charge in [0.1, 0.15) is 11.0 Å². The van der Waals surface area contributed by atoms with Gasteiger partial charge in [0.05, 0.1) is 22.2 Å². The van der Waals surface area contributed by atoms with Crippen LogP contribution in [-0.2, 0) is 4.74 Å². The van der Waals surface area contributed by atoms with E-state index in [0.29, 0.717) is 21.2 Å². The van der Waals surface area contributed by atoms with Crippen molar-refractivity contribution in [2.45, 2.75) is 18.1 Å². The molecule has 8 nitrogen and oxygen atoms in total. The molecule has 0 aliphatic carbocycles. The van der Waals surface area contributed by atoms with Gasteiger partial charge in [-0.2, -0.15) is 5.26 Å². The standard InChI is InChI=1S/C24H19N5O3S2/c1-3-32-23(31)19-18(16-10-6-4-7-11-16)24(33-14-25)34-21(19)27-26-20-15(2)28-29(22(20)30)17-12-8-5-9-13-17/h4-13,28H,3H2,1-2H3. The Hall–Kier alpha value is -3.94. The van der Waals surface area contributed by atoms with Crippen LogP contribution in [0.2, 0.25) is 0 Å². The number of thioether (sulfide) groups is 1. The smallest absolute Gasteiger partial charge is 0.341 e. The predicted molar refractivity (Wildman–Crippen MR) is 132 cm³/mol. The highest BCUT2D eigenvalue weighted by atomic mass is 32.2. The Bertz CT molecular complexity index is 1450. The molecule has 170 valence electrons. The number of benzene rings is 2. The third-order valence-corrected chi connectivity index (χ3v) is 6.68. The van der Waals surface area contributed by atoms with Crippen molar-refractivity contribution >= 4 is 39.8 Å². The second kappa shape index (κ2) is 10.3. The Morgan fingerprint density at radius 1 is 1.15 bits per heavy atom. The zero-order valence-corrected chi connectivity index (χ0v) is 19.9. The van der Waals surface area contributed by atoms with Crippen LogP contribution in [0.25, 0.3) is 16.8 Å². The van der Waals surface area contributed by atoms with E-state index in [0.717, 1.165) is 28.7 Å². The topological polar surface area (TPSA) is 113 Å². The van der Waals surface area contributed by atoms with E-state index in [9.17, 15) is 14.9 Å². The fraction of sp³-hybridized carbons (Fsp3) is 0.125. The van der Waals surface area contributed by atoms with Crippen molar-refractivity contribution < 1.29 is 9.53 Å². The minimum absolute atomic E-state index is 0.128. The van der Waals surface area contributed by atoms with Crippen molar-refractivity contribution in [1.82, 2.24) is 9.78 Å². The predicted octanol–water partition coefficient (Wildman–Crippen LogP) is 6.37. The van der Waals surface area contributed by atoms with E-state index in [1.807, 2.05) is 48.5 Å². The molecule has 0 unspecified atom stereocenters. The third-order valence-electron chi connectivity index (χ3n) is 4.83. The van der Waals surface area contributed by atoms with Gasteiger partial charge in [0, 0.05) is 17.3 Å². The molecule has 0 atom stereocenters. The maximum Gasteiger partial charge on any atom is 0.341 e. The van der Waals surface area contributed by atoms with Gasteiger partial charge in [-0.15, -0.1) is 21.6 Å². The van der Waals surface area contributed by atoms with E-state index in [4.69, 9.17) is 4.74 Å². The van der Waals surface area contributed by atoms with Crippen LogP contribution in [0.4, 0.5) is 10.7 Å². The number of rotatable bonds is 7. The average molecular weight is 490 g/mol. The molecule has 0 fully saturated rings. The van der Waals surface area contributed by atoms with E-state index in [1.165, 1.54) is 4.68 Å². The molecular formula is C24H19N5O3S2. The quantitative estimate of drug-likeness (QED) is 0.140. The second-order valence-corrected chi connectivity index (χ2v) is 9.04. The number of azo groups is 1. The molecule has 0 saturated carbocycles. The van der Waals surface area contributed by atoms with Gasteiger partial charge >= 0.3 is 5.97 Å². The van der Waals surface area contributed by atoms with Crippen LogP contribution in [0.3, 0.4) is 0 Å². The summed E-state index contributed by atoms with van der Waals surface area (Å²) in [5.41, 5.74) is 2.50. The lowest BCUT2D eigenvalue weighted by molar-refractivity contribution is 0.0528. The molecule has 0 aliphatic rings. The van der Waals surface area contributed by atoms with Gasteiger partial charge in [0.15, 0.2) is 10.7 Å². The first-order valence-electron chi connectivity index (χ1n) is 10.3. The monoisotopic (exact) mass is 489 g/mol. The summed E-state index contributed by atoms with van der Waals surface area (Å²) in [6, 6.07) is 18.4. The molecule has 4 rings (SSSR count). The molecule has 1 N–H and O–H groups in total. The van der Waals surface area contributed by atoms with Crippen LogP contribution in [-0.4, -0.2) is 22.4 Å². The molecule has 0 saturated heterocycles. The number of carbonyl (C=O) groups is 1. The first-order chi connectivity index (χ1) is 16.5. The maximum absolute atomic E-state index is 13.0. The number of aromatic nitrogens is 2. The minimum Gasteiger partial charge on any atom is -0.462 e. The molecule has 0 amide bonds. The molecule has 34 heavy (non-hydrogen) atoms. The van der Waals surface area contributed by atoms with Gasteiger partial charge in [0.25, 0.3) is 5.56 Å². The zero-order valence-electron chi connectivity index (χ0n) is 18.3. The third kappa shape index (κ3) is 4.57. The first kappa shape index (κ1) is 23.2. The molecule has 0 aliphatic heterocycles. The summed E-state index contributed by atoms with van der Waals surface area (Å²) in [6.07, 6.45) is 0. The van der Waals surface area contributed by atoms with Gasteiger partial charge < -0.3 is 4.74 Å². The van der Waals surface area contributed by atoms with Gasteiger partial charge in [0.2, 0.25) is 0 Å². The number of nitriles is 1. The lowest BCUT2D eigenvalue weighted by atomic mass is 10.0. The first-order valence-corrected chi connectivity index (χ1v) is 11.9. The van der Waals surface area contributed by atoms with Crippen molar-refractivity contribution in [3.63, 3.8) is 0 Å². The number of para-hydroxylation sites is 1. The highest BCUT2D eigenvalue weighted by Crippen LogP contribution is 2.47. The molecule has 4 aromatic rings. The fourth-order valence-corrected chi connectivity index (χ4v) is 5.14. The highest BCUT2D eigenvalue weighted by Gasteiger charge is 2.27. The summed E-state index contributed by atoms with van der Waals surface area (Å²) < 4.78 is 7.27. The van der Waals surface area contributed by atoms with Crippen molar-refractivity contribution in [1.29, 1.82) is 5.26 Å². The summed E-state index contributed by atoms with van der Waals surface area (Å²) in [5.74, 6) is -0.566. The lowest BCUT2D eigenvalue weighted by Gasteiger charge is -2.06. The number of esters is 1. The van der Waals surface area contributed by atoms with Crippen molar-refractivity contribution in [3.8, 4) is 22.2 Å². The van der Waals surface area contributed by atoms with E-state index < -0.39 is 5.97 Å². The van der Waals surface area contributed by atoms with Crippen molar-refractivity contribution in [3.05, 3.63) is 82.3 Å². The molecular weight excluding hydrogens is 470 g/mol. The summed E-state index contributed by atoms with van der Waals surface area (Å²) in [4.78, 5) is 25.9. The fourth-order valence-electron chi connectivity index (χ4n) is 3.35. The largest absolute Gasteiger partial charge is 0.462 e. The van der Waals surface area contributed by atoms with E-state index in [-0.39, 0.29) is 28.4 Å². The molecule has 0 spiro atoms. The number of thiocyanates is 1. The summed E-state index contributed by atoms with van der Waals surface area (Å²) in [7, 11) is 0. The SMILES string of the molecule is CCOC(=O)c1c(N=Nc2c(C)[nH]n(-c3ccccc3)c2=O)sc(SC#N)c1-c1ccccc1. The van der Waals surface area contributed by atoms with Gasteiger partial charge in [-0.1, -0.05) is 48.5 Å². The molecule has 10 heteroatoms. The summed E-state index contributed by atoms with van der Waals surface area (Å²) in [6.45, 7) is 3.62. The van der Waals surface area contributed by atoms with E-state index in [2.05, 4.69) is 20.7 Å². The van der Waals surface area contributed by atoms with Gasteiger partial charge in [-0.3, -0.25) is 9.89 Å². The van der Waals surface area contributed by atoms with Crippen LogP contribution >= 0.6 is 23.1 Å². The Morgan fingerprint density at radius 2 is 1.82 bits per heavy atom. The van der Waals surface area contributed by atoms with Crippen molar-refractivity contribution in [2.24, 2.45) is 10.2 Å². The Morgan fingerprint density at radius 3 is 2.47 bits per heavy atom. The van der Waals surface area contributed by atoms with Crippen LogP contribution in [0.5, 0.6) is 0 Å². The summed E-state index contributed by atoms with van der Waals surface area (Å²) in [5, 5.41) is 23.1. The van der Waals surface area contributed by atoms with Crippen LogP contribution < -0.4 is 5.56 Å². The number of aryl methyl sites for hydroxylation is 1. The Labute approximate surface area is 203 Å². The van der Waals surface area contributed by atoms with E-state index in [1.54, 1.807) is 26.0 Å². The second-order valence-electron chi connectivity index (χ2n) is 6.99. The van der Waals surface area contributed by atoms with Gasteiger partial charge in [-0.25, -0.2) is 9.48 Å². The number of nitrogens with one attached hydrogen (secondary N) is 1. The number of thiophene rings is 1. The number of hydrogen-bond acceptors (Lipinski definition) is 8. The number of aromatic amines is 1. The number of H-pyrrole nitrogens is 1. The van der Waals surface area contributed by atoms with Crippen molar-refractivity contribution in [2.75, 3.05) is 6.61 Å². The highest BCUT2D eigenvalue weighted by molar-refractivity contribution is 8.05. The molecule has 2 aromatic carbocycles. The lowest BCUT2D eigenvalue weighted by Crippen LogP contribution is -2.13. The zero-order chi connectivity index (χ0) is 24.1. The van der Waals surface area contributed by atoms with Crippen LogP contribution in [0.15, 0.2) is 79.9 Å². The average Bonchev–Trinajstić information content (AvgIpc) is 3.35. The van der Waals surface area contributed by atoms with Crippen LogP contribution in [0, 0.1) is 17.6 Å². The van der Waals surface area contributed by atoms with Crippen LogP contribution in [0.1, 0.15) is 23.0 Å². The minimum atomic E-state index is -0.566. The normalized spacial score (nSPS) is 11.0. The Kier molecular flexibility index (Phi) is 7.06. The number of ether oxygens (including phenoxy) is 1. The summed E-state index contributed by atoms with van der Waals surface area (Å²) >= 11 is 2.09. The molecule has 2 heterocycles. The van der Waals surface area contributed by atoms with Gasteiger partial charge in [-0.05, 0) is 31.5 Å². The maximum atomic E-state index is 13.0. The number of nitrogens with zero attached hydrogens (tertiary/aromatic N) is 4.